The zero-order valence-electron chi connectivity index (χ0n) is 36.0. The molecule has 11 rings (SSSR count). The van der Waals surface area contributed by atoms with Crippen molar-refractivity contribution in [2.75, 3.05) is 0 Å². The minimum atomic E-state index is -0.531. The smallest absolute Gasteiger partial charge is 0.143 e. The average Bonchev–Trinajstić information content (AvgIpc) is 3.67. The Morgan fingerprint density at radius 3 is 1.78 bits per heavy atom. The maximum atomic E-state index is 9.28. The molecule has 236 valence electrons. The van der Waals surface area contributed by atoms with E-state index in [1.807, 2.05) is 24.3 Å². The molecular formula is C50H30O. The van der Waals surface area contributed by atoms with Crippen LogP contribution in [-0.4, -0.2) is 0 Å². The lowest BCUT2D eigenvalue weighted by Gasteiger charge is -2.18. The minimum absolute atomic E-state index is 0.0580. The van der Waals surface area contributed by atoms with Crippen LogP contribution in [0.2, 0.25) is 0 Å². The van der Waals surface area contributed by atoms with Crippen LogP contribution in [0.1, 0.15) is 12.3 Å². The van der Waals surface area contributed by atoms with E-state index in [1.54, 1.807) is 0 Å². The van der Waals surface area contributed by atoms with Crippen molar-refractivity contribution in [1.29, 1.82) is 0 Å². The number of furan rings is 1. The van der Waals surface area contributed by atoms with Gasteiger partial charge in [-0.15, -0.1) is 0 Å². The highest BCUT2D eigenvalue weighted by atomic mass is 16.3. The Kier molecular flexibility index (Phi) is 4.43. The molecule has 0 spiro atoms. The first-order chi connectivity index (χ1) is 29.0. The molecule has 0 amide bonds. The van der Waals surface area contributed by atoms with Gasteiger partial charge in [-0.3, -0.25) is 0 Å². The van der Waals surface area contributed by atoms with Gasteiger partial charge in [0.2, 0.25) is 0 Å². The third kappa shape index (κ3) is 4.22. The first-order valence-corrected chi connectivity index (χ1v) is 16.9. The van der Waals surface area contributed by atoms with E-state index in [4.69, 9.17) is 15.4 Å². The van der Waals surface area contributed by atoms with Crippen molar-refractivity contribution in [3.63, 3.8) is 0 Å². The number of benzene rings is 10. The second-order valence-corrected chi connectivity index (χ2v) is 12.9. The zero-order valence-corrected chi connectivity index (χ0v) is 27.0. The highest BCUT2D eigenvalue weighted by Crippen LogP contribution is 2.46. The van der Waals surface area contributed by atoms with Crippen molar-refractivity contribution >= 4 is 75.8 Å². The Hall–Kier alpha value is -6.70. The van der Waals surface area contributed by atoms with E-state index in [0.29, 0.717) is 5.56 Å². The van der Waals surface area contributed by atoms with Crippen molar-refractivity contribution in [3.05, 3.63) is 182 Å². The quantitative estimate of drug-likeness (QED) is 0.173. The van der Waals surface area contributed by atoms with Crippen molar-refractivity contribution < 1.29 is 16.8 Å². The minimum Gasteiger partial charge on any atom is -0.455 e. The van der Waals surface area contributed by atoms with E-state index >= 15 is 0 Å². The van der Waals surface area contributed by atoms with Gasteiger partial charge in [0.1, 0.15) is 11.2 Å². The summed E-state index contributed by atoms with van der Waals surface area (Å²) in [5.41, 5.74) is 4.99. The maximum Gasteiger partial charge on any atom is 0.143 e. The van der Waals surface area contributed by atoms with Gasteiger partial charge in [-0.05, 0) is 106 Å². The molecule has 0 saturated heterocycles. The van der Waals surface area contributed by atoms with Crippen molar-refractivity contribution in [2.24, 2.45) is 0 Å². The lowest BCUT2D eigenvalue weighted by atomic mass is 9.85. The number of hydrogen-bond acceptors (Lipinski definition) is 1. The Morgan fingerprint density at radius 2 is 1.02 bits per heavy atom. The number of rotatable bonds is 3. The van der Waals surface area contributed by atoms with Crippen LogP contribution >= 0.6 is 0 Å². The second-order valence-electron chi connectivity index (χ2n) is 12.9. The van der Waals surface area contributed by atoms with Crippen LogP contribution in [0.4, 0.5) is 0 Å². The maximum absolute atomic E-state index is 9.28. The summed E-state index contributed by atoms with van der Waals surface area (Å²) in [6.45, 7) is 0. The number of hydrogen-bond donors (Lipinski definition) is 0. The molecule has 0 aliphatic rings. The van der Waals surface area contributed by atoms with Gasteiger partial charge in [0.25, 0.3) is 0 Å². The molecule has 0 unspecified atom stereocenters. The van der Waals surface area contributed by atoms with Crippen LogP contribution in [0.5, 0.6) is 0 Å². The molecule has 1 aromatic heterocycles. The molecule has 51 heavy (non-hydrogen) atoms. The third-order valence-electron chi connectivity index (χ3n) is 10.2. The van der Waals surface area contributed by atoms with Gasteiger partial charge in [0.05, 0.1) is 12.3 Å². The summed E-state index contributed by atoms with van der Waals surface area (Å²) in [6.07, 6.45) is 0. The van der Waals surface area contributed by atoms with E-state index in [2.05, 4.69) is 103 Å². The van der Waals surface area contributed by atoms with Gasteiger partial charge in [0, 0.05) is 16.2 Å². The van der Waals surface area contributed by atoms with Crippen molar-refractivity contribution in [3.8, 4) is 33.4 Å². The average molecular weight is 656 g/mol. The monoisotopic (exact) mass is 655 g/mol. The summed E-state index contributed by atoms with van der Waals surface area (Å²) in [6, 6.07) is 40.1. The summed E-state index contributed by atoms with van der Waals surface area (Å²) in [4.78, 5) is 0. The van der Waals surface area contributed by atoms with Crippen LogP contribution in [-0.2, 0) is 0 Å². The lowest BCUT2D eigenvalue weighted by Crippen LogP contribution is -1.91. The second kappa shape index (κ2) is 10.9. The van der Waals surface area contributed by atoms with E-state index in [1.165, 1.54) is 10.8 Å². The van der Waals surface area contributed by atoms with Crippen LogP contribution in [0, 0.1) is 0 Å². The Morgan fingerprint density at radius 1 is 0.373 bits per heavy atom. The summed E-state index contributed by atoms with van der Waals surface area (Å²) < 4.78 is 85.4. The summed E-state index contributed by atoms with van der Waals surface area (Å²) in [5, 5.41) is 8.40. The highest BCUT2D eigenvalue weighted by molar-refractivity contribution is 6.23. The highest BCUT2D eigenvalue weighted by Gasteiger charge is 2.19. The van der Waals surface area contributed by atoms with Crippen molar-refractivity contribution in [1.82, 2.24) is 0 Å². The molecule has 0 N–H and O–H groups in total. The largest absolute Gasteiger partial charge is 0.455 e. The van der Waals surface area contributed by atoms with Gasteiger partial charge in [-0.25, -0.2) is 0 Å². The lowest BCUT2D eigenvalue weighted by molar-refractivity contribution is 0.673. The van der Waals surface area contributed by atoms with Gasteiger partial charge >= 0.3 is 0 Å². The van der Waals surface area contributed by atoms with Gasteiger partial charge < -0.3 is 4.42 Å². The topological polar surface area (TPSA) is 13.1 Å². The third-order valence-corrected chi connectivity index (χ3v) is 10.2. The molecule has 0 radical (unpaired) electrons. The van der Waals surface area contributed by atoms with Gasteiger partial charge in [-0.2, -0.15) is 0 Å². The van der Waals surface area contributed by atoms with Gasteiger partial charge in [-0.1, -0.05) is 158 Å². The van der Waals surface area contributed by atoms with Crippen LogP contribution in [0.25, 0.3) is 109 Å². The normalized spacial score (nSPS) is 14.4. The Labute approximate surface area is 307 Å². The van der Waals surface area contributed by atoms with E-state index < -0.39 is 36.3 Å². The standard InChI is InChI=1S/C50H30O/c1-2-13-33-29-35(24-23-31(33)11-1)47-41-16-5-7-18-43(41)48(44-19-8-6-17-42(44)47)36-26-27-37-34(30-36)14-9-20-39(37)40-21-10-22-46-49(40)45-28-25-32-12-3-4-15-38(32)50(45)51-46/h1-30H/i3D,4D,10D,12D,15D,21D,22D,25D,28D. The molecular weight excluding hydrogens is 617 g/mol. The van der Waals surface area contributed by atoms with E-state index in [-0.39, 0.29) is 56.4 Å². The fourth-order valence-corrected chi connectivity index (χ4v) is 7.92. The summed E-state index contributed by atoms with van der Waals surface area (Å²) in [5.74, 6) is 0. The fraction of sp³-hybridized carbons (Fsp3) is 0. The van der Waals surface area contributed by atoms with Crippen LogP contribution in [0.15, 0.2) is 186 Å². The molecule has 0 aliphatic heterocycles. The molecule has 0 saturated carbocycles. The molecule has 0 bridgehead atoms. The number of fused-ring (bicyclic) bond motifs is 9. The fourth-order valence-electron chi connectivity index (χ4n) is 7.92. The Bertz CT molecular complexity index is 3660. The molecule has 1 heteroatoms. The molecule has 10 aromatic carbocycles. The molecule has 11 aromatic rings. The molecule has 1 heterocycles. The summed E-state index contributed by atoms with van der Waals surface area (Å²) in [7, 11) is 0. The summed E-state index contributed by atoms with van der Waals surface area (Å²) >= 11 is 0. The Balaban J connectivity index is 1.18. The predicted octanol–water partition coefficient (Wildman–Crippen LogP) is 14.4. The first-order valence-electron chi connectivity index (χ1n) is 21.4. The van der Waals surface area contributed by atoms with Crippen LogP contribution < -0.4 is 0 Å². The van der Waals surface area contributed by atoms with Crippen LogP contribution in [0.3, 0.4) is 0 Å². The first kappa shape index (κ1) is 20.7. The zero-order chi connectivity index (χ0) is 41.3. The van der Waals surface area contributed by atoms with Gasteiger partial charge in [0.15, 0.2) is 0 Å². The SMILES string of the molecule is [2H]c1c([2H])c(-c2cccc3cc(-c4c5ccccc5c(-c5ccc6ccccc6c5)c5ccccc45)ccc23)c2c(oc3c4c([2H])c([2H])c([2H])c([2H])c4c([2H])c([2H])c32)c1[2H]. The van der Waals surface area contributed by atoms with E-state index in [0.717, 1.165) is 54.6 Å². The predicted molar refractivity (Wildman–Crippen MR) is 218 cm³/mol. The molecule has 0 aliphatic carbocycles. The molecule has 0 fully saturated rings. The van der Waals surface area contributed by atoms with Crippen molar-refractivity contribution in [2.45, 2.75) is 0 Å². The van der Waals surface area contributed by atoms with E-state index in [9.17, 15) is 1.37 Å². The molecule has 0 atom stereocenters. The molecule has 1 nitrogen and oxygen atoms in total.